The highest BCUT2D eigenvalue weighted by Gasteiger charge is 2.34. The minimum Gasteiger partial charge on any atom is -0.388 e. The number of carbonyl (C=O) groups is 1. The van der Waals surface area contributed by atoms with Crippen LogP contribution in [-0.2, 0) is 7.05 Å². The highest BCUT2D eigenvalue weighted by atomic mass is 16.3. The van der Waals surface area contributed by atoms with Gasteiger partial charge in [0.25, 0.3) is 11.5 Å². The van der Waals surface area contributed by atoms with E-state index in [4.69, 9.17) is 0 Å². The minimum atomic E-state index is -0.814. The fraction of sp³-hybridized carbons (Fsp3) is 0.667. The summed E-state index contributed by atoms with van der Waals surface area (Å²) in [5.41, 5.74) is 0.204. The number of nitrogens with zero attached hydrogens (tertiary/aromatic N) is 3. The summed E-state index contributed by atoms with van der Waals surface area (Å²) in [6, 6.07) is 0. The molecule has 1 aliphatic rings. The summed E-state index contributed by atoms with van der Waals surface area (Å²) in [6.07, 6.45) is 3.37. The first-order valence-electron chi connectivity index (χ1n) is 7.27. The van der Waals surface area contributed by atoms with Gasteiger partial charge in [0.2, 0.25) is 0 Å². The second-order valence-corrected chi connectivity index (χ2v) is 6.11. The first kappa shape index (κ1) is 15.7. The molecular formula is C15H23N3O3. The number of aromatic nitrogens is 2. The van der Waals surface area contributed by atoms with Gasteiger partial charge in [-0.2, -0.15) is 5.10 Å². The van der Waals surface area contributed by atoms with Crippen molar-refractivity contribution < 1.29 is 9.90 Å². The van der Waals surface area contributed by atoms with Crippen molar-refractivity contribution in [1.82, 2.24) is 14.7 Å². The molecule has 1 fully saturated rings. The van der Waals surface area contributed by atoms with Crippen molar-refractivity contribution in [1.29, 1.82) is 0 Å². The summed E-state index contributed by atoms with van der Waals surface area (Å²) in [4.78, 5) is 26.2. The van der Waals surface area contributed by atoms with Crippen LogP contribution >= 0.6 is 0 Å². The van der Waals surface area contributed by atoms with Gasteiger partial charge in [0.05, 0.1) is 11.3 Å². The van der Waals surface area contributed by atoms with E-state index < -0.39 is 11.2 Å². The van der Waals surface area contributed by atoms with E-state index in [1.165, 1.54) is 16.6 Å². The summed E-state index contributed by atoms with van der Waals surface area (Å²) in [5.74, 6) is -0.348. The summed E-state index contributed by atoms with van der Waals surface area (Å²) in [5, 5.41) is 14.5. The van der Waals surface area contributed by atoms with Gasteiger partial charge in [-0.05, 0) is 32.3 Å². The Morgan fingerprint density at radius 1 is 1.38 bits per heavy atom. The van der Waals surface area contributed by atoms with E-state index in [1.807, 2.05) is 0 Å². The Hall–Kier alpha value is -1.69. The van der Waals surface area contributed by atoms with E-state index in [0.717, 1.165) is 12.8 Å². The number of aryl methyl sites for hydroxylation is 2. The zero-order valence-corrected chi connectivity index (χ0v) is 13.1. The number of hydrogen-bond donors (Lipinski definition) is 1. The molecule has 0 radical (unpaired) electrons. The predicted octanol–water partition coefficient (Wildman–Crippen LogP) is 0.774. The van der Waals surface area contributed by atoms with Gasteiger partial charge in [-0.3, -0.25) is 9.59 Å². The van der Waals surface area contributed by atoms with Crippen LogP contribution in [0.5, 0.6) is 0 Å². The normalized spacial score (nSPS) is 17.0. The highest BCUT2D eigenvalue weighted by molar-refractivity contribution is 5.95. The molecule has 0 saturated heterocycles. The molecule has 1 amide bonds. The first-order chi connectivity index (χ1) is 9.75. The molecule has 0 unspecified atom stereocenters. The van der Waals surface area contributed by atoms with Crippen LogP contribution in [0.25, 0.3) is 0 Å². The molecule has 0 aromatic carbocycles. The molecule has 6 heteroatoms. The van der Waals surface area contributed by atoms with Gasteiger partial charge in [-0.15, -0.1) is 0 Å². The van der Waals surface area contributed by atoms with Crippen molar-refractivity contribution in [2.24, 2.45) is 7.05 Å². The molecule has 1 aromatic heterocycles. The molecule has 0 spiro atoms. The summed E-state index contributed by atoms with van der Waals surface area (Å²) in [7, 11) is 3.17. The first-order valence-corrected chi connectivity index (χ1v) is 7.27. The van der Waals surface area contributed by atoms with E-state index in [1.54, 1.807) is 20.9 Å². The molecule has 21 heavy (non-hydrogen) atoms. The minimum absolute atomic E-state index is 0.147. The van der Waals surface area contributed by atoms with Gasteiger partial charge in [0.15, 0.2) is 0 Å². The Bertz CT molecular complexity index is 615. The van der Waals surface area contributed by atoms with E-state index in [0.29, 0.717) is 24.1 Å². The van der Waals surface area contributed by atoms with E-state index in [9.17, 15) is 14.7 Å². The van der Waals surface area contributed by atoms with Crippen LogP contribution in [0.3, 0.4) is 0 Å². The lowest BCUT2D eigenvalue weighted by molar-refractivity contribution is 0.0155. The van der Waals surface area contributed by atoms with Crippen molar-refractivity contribution >= 4 is 5.91 Å². The maximum atomic E-state index is 12.6. The standard InChI is InChI=1S/C15H23N3O3/c1-10-11(2)16-18(4)14(20)12(10)13(19)17(3)9-15(21)7-5-6-8-15/h21H,5-9H2,1-4H3. The van der Waals surface area contributed by atoms with Crippen molar-refractivity contribution in [3.05, 3.63) is 27.2 Å². The summed E-state index contributed by atoms with van der Waals surface area (Å²) >= 11 is 0. The molecule has 6 nitrogen and oxygen atoms in total. The van der Waals surface area contributed by atoms with Crippen LogP contribution in [0, 0.1) is 13.8 Å². The maximum Gasteiger partial charge on any atom is 0.279 e. The average Bonchev–Trinajstić information content (AvgIpc) is 2.83. The van der Waals surface area contributed by atoms with E-state index >= 15 is 0 Å². The van der Waals surface area contributed by atoms with Gasteiger partial charge < -0.3 is 10.0 Å². The van der Waals surface area contributed by atoms with Crippen molar-refractivity contribution in [2.75, 3.05) is 13.6 Å². The van der Waals surface area contributed by atoms with Crippen LogP contribution < -0.4 is 5.56 Å². The fourth-order valence-electron chi connectivity index (χ4n) is 3.00. The lowest BCUT2D eigenvalue weighted by Crippen LogP contribution is -2.44. The van der Waals surface area contributed by atoms with Crippen molar-refractivity contribution in [2.45, 2.75) is 45.1 Å². The molecule has 1 aromatic rings. The molecule has 116 valence electrons. The van der Waals surface area contributed by atoms with Crippen LogP contribution in [0.4, 0.5) is 0 Å². The number of aliphatic hydroxyl groups is 1. The van der Waals surface area contributed by atoms with Gasteiger partial charge in [0, 0.05) is 20.6 Å². The number of rotatable bonds is 3. The van der Waals surface area contributed by atoms with Gasteiger partial charge in [0.1, 0.15) is 5.56 Å². The van der Waals surface area contributed by atoms with E-state index in [2.05, 4.69) is 5.10 Å². The predicted molar refractivity (Wildman–Crippen MR) is 79.3 cm³/mol. The second kappa shape index (κ2) is 5.60. The summed E-state index contributed by atoms with van der Waals surface area (Å²) in [6.45, 7) is 3.76. The largest absolute Gasteiger partial charge is 0.388 e. The lowest BCUT2D eigenvalue weighted by Gasteiger charge is -2.29. The van der Waals surface area contributed by atoms with E-state index in [-0.39, 0.29) is 18.0 Å². The Labute approximate surface area is 124 Å². The topological polar surface area (TPSA) is 75.4 Å². The zero-order valence-electron chi connectivity index (χ0n) is 13.1. The number of likely N-dealkylation sites (N-methyl/N-ethyl adjacent to an activating group) is 1. The molecule has 1 heterocycles. The molecule has 0 bridgehead atoms. The average molecular weight is 293 g/mol. The second-order valence-electron chi connectivity index (χ2n) is 6.11. The molecule has 1 aliphatic carbocycles. The SMILES string of the molecule is Cc1nn(C)c(=O)c(C(=O)N(C)CC2(O)CCCC2)c1C. The number of hydrogen-bond acceptors (Lipinski definition) is 4. The van der Waals surface area contributed by atoms with Crippen LogP contribution in [0.2, 0.25) is 0 Å². The Morgan fingerprint density at radius 2 is 1.95 bits per heavy atom. The lowest BCUT2D eigenvalue weighted by atomic mass is 10.0. The van der Waals surface area contributed by atoms with Gasteiger partial charge >= 0.3 is 0 Å². The zero-order chi connectivity index (χ0) is 15.8. The molecule has 1 saturated carbocycles. The third-order valence-corrected chi connectivity index (χ3v) is 4.35. The van der Waals surface area contributed by atoms with Gasteiger partial charge in [-0.1, -0.05) is 12.8 Å². The Kier molecular flexibility index (Phi) is 4.18. The molecule has 1 N–H and O–H groups in total. The highest BCUT2D eigenvalue weighted by Crippen LogP contribution is 2.30. The van der Waals surface area contributed by atoms with Crippen molar-refractivity contribution in [3.63, 3.8) is 0 Å². The Balaban J connectivity index is 2.30. The number of carbonyl (C=O) groups excluding carboxylic acids is 1. The fourth-order valence-corrected chi connectivity index (χ4v) is 3.00. The summed E-state index contributed by atoms with van der Waals surface area (Å²) < 4.78 is 1.19. The third-order valence-electron chi connectivity index (χ3n) is 4.35. The molecular weight excluding hydrogens is 270 g/mol. The van der Waals surface area contributed by atoms with Crippen LogP contribution in [-0.4, -0.2) is 44.9 Å². The number of amides is 1. The van der Waals surface area contributed by atoms with Crippen molar-refractivity contribution in [3.8, 4) is 0 Å². The van der Waals surface area contributed by atoms with Gasteiger partial charge in [-0.25, -0.2) is 4.68 Å². The van der Waals surface area contributed by atoms with Crippen LogP contribution in [0.1, 0.15) is 47.3 Å². The quantitative estimate of drug-likeness (QED) is 0.893. The Morgan fingerprint density at radius 3 is 2.52 bits per heavy atom. The molecule has 0 aliphatic heterocycles. The van der Waals surface area contributed by atoms with Crippen LogP contribution in [0.15, 0.2) is 4.79 Å². The molecule has 2 rings (SSSR count). The smallest absolute Gasteiger partial charge is 0.279 e. The molecule has 0 atom stereocenters. The third kappa shape index (κ3) is 3.00. The monoisotopic (exact) mass is 293 g/mol. The maximum absolute atomic E-state index is 12.6.